The number of hydrogen-bond acceptors (Lipinski definition) is 5. The maximum atomic E-state index is 13.8. The molecule has 0 atom stereocenters. The summed E-state index contributed by atoms with van der Waals surface area (Å²) in [6.45, 7) is -0.0256. The van der Waals surface area contributed by atoms with Crippen LogP contribution in [0.3, 0.4) is 0 Å². The molecular weight excluding hydrogens is 425 g/mol. The number of H-pyrrole nitrogens is 1. The molecule has 1 aliphatic heterocycles. The molecule has 3 aromatic carbocycles. The van der Waals surface area contributed by atoms with Gasteiger partial charge in [0.1, 0.15) is 0 Å². The van der Waals surface area contributed by atoms with Crippen LogP contribution in [0.25, 0.3) is 33.2 Å². The number of ether oxygens (including phenoxy) is 2. The first-order valence-electron chi connectivity index (χ1n) is 9.42. The maximum absolute atomic E-state index is 13.8. The molecule has 162 valence electrons. The lowest BCUT2D eigenvalue weighted by Crippen LogP contribution is -2.17. The van der Waals surface area contributed by atoms with Crippen LogP contribution in [-0.2, 0) is 6.18 Å². The lowest BCUT2D eigenvalue weighted by molar-refractivity contribution is -0.137. The molecule has 32 heavy (non-hydrogen) atoms. The van der Waals surface area contributed by atoms with Crippen molar-refractivity contribution in [2.75, 3.05) is 6.79 Å². The number of alkyl halides is 3. The van der Waals surface area contributed by atoms with Gasteiger partial charge in [0, 0.05) is 22.1 Å². The predicted molar refractivity (Wildman–Crippen MR) is 111 cm³/mol. The summed E-state index contributed by atoms with van der Waals surface area (Å²) in [4.78, 5) is 0. The highest BCUT2D eigenvalue weighted by Crippen LogP contribution is 2.47. The van der Waals surface area contributed by atoms with Crippen molar-refractivity contribution in [2.45, 2.75) is 6.18 Å². The molecule has 0 radical (unpaired) electrons. The Morgan fingerprint density at radius 3 is 2.72 bits per heavy atom. The fourth-order valence-corrected chi connectivity index (χ4v) is 3.82. The van der Waals surface area contributed by atoms with Crippen LogP contribution in [0.1, 0.15) is 11.1 Å². The molecule has 4 aromatic rings. The van der Waals surface area contributed by atoms with Gasteiger partial charge < -0.3 is 20.4 Å². The number of benzene rings is 3. The van der Waals surface area contributed by atoms with Gasteiger partial charge in [-0.25, -0.2) is 0 Å². The molecular formula is C22H15F3N4O3. The van der Waals surface area contributed by atoms with Crippen LogP contribution in [0.4, 0.5) is 13.2 Å². The lowest BCUT2D eigenvalue weighted by Gasteiger charge is -2.19. The molecule has 0 saturated heterocycles. The first kappa shape index (κ1) is 19.7. The van der Waals surface area contributed by atoms with Crippen LogP contribution in [-0.4, -0.2) is 28.0 Å². The first-order valence-corrected chi connectivity index (χ1v) is 9.42. The molecule has 0 unspecified atom stereocenters. The van der Waals surface area contributed by atoms with Gasteiger partial charge in [-0.3, -0.25) is 5.10 Å². The van der Waals surface area contributed by atoms with E-state index in [4.69, 9.17) is 15.2 Å². The number of nitrogens with one attached hydrogen (secondary N) is 1. The second kappa shape index (κ2) is 7.19. The van der Waals surface area contributed by atoms with Crippen LogP contribution < -0.4 is 15.2 Å². The topological polar surface area (TPSA) is 106 Å². The number of hydrogen-bond donors (Lipinski definition) is 3. The monoisotopic (exact) mass is 440 g/mol. The minimum Gasteiger partial charge on any atom is -0.454 e. The molecule has 0 aliphatic carbocycles. The highest BCUT2D eigenvalue weighted by molar-refractivity contribution is 6.08. The van der Waals surface area contributed by atoms with Crippen molar-refractivity contribution in [3.63, 3.8) is 0 Å². The lowest BCUT2D eigenvalue weighted by atomic mass is 9.87. The van der Waals surface area contributed by atoms with E-state index in [-0.39, 0.29) is 17.9 Å². The maximum Gasteiger partial charge on any atom is 0.416 e. The van der Waals surface area contributed by atoms with Crippen molar-refractivity contribution in [3.05, 3.63) is 65.9 Å². The molecule has 0 spiro atoms. The SMILES string of the molecule is N/C(=N/O)c1cc(C(F)(F)F)cc(-c2ccc3[nH]ncc3c2)c1-c1cccc2c1OCO2. The van der Waals surface area contributed by atoms with Crippen molar-refractivity contribution in [2.24, 2.45) is 10.9 Å². The van der Waals surface area contributed by atoms with E-state index in [9.17, 15) is 18.4 Å². The standard InChI is InChI=1S/C22H15F3N4O3/c23-22(24,25)13-7-15(11-4-5-17-12(6-11)9-27-28-17)19(16(8-13)21(26)29-30)14-2-1-3-18-20(14)32-10-31-18/h1-9,30H,10H2,(H2,26,29)(H,27,28). The number of oxime groups is 1. The van der Waals surface area contributed by atoms with E-state index in [2.05, 4.69) is 15.4 Å². The first-order chi connectivity index (χ1) is 15.4. The van der Waals surface area contributed by atoms with Crippen molar-refractivity contribution in [1.82, 2.24) is 10.2 Å². The Morgan fingerprint density at radius 1 is 1.09 bits per heavy atom. The second-order valence-corrected chi connectivity index (χ2v) is 7.14. The molecule has 5 rings (SSSR count). The summed E-state index contributed by atoms with van der Waals surface area (Å²) in [6, 6.07) is 12.1. The molecule has 0 bridgehead atoms. The zero-order chi connectivity index (χ0) is 22.5. The Morgan fingerprint density at radius 2 is 1.94 bits per heavy atom. The highest BCUT2D eigenvalue weighted by Gasteiger charge is 2.34. The Labute approximate surface area is 178 Å². The number of amidine groups is 1. The molecule has 0 saturated carbocycles. The Balaban J connectivity index is 1.89. The van der Waals surface area contributed by atoms with E-state index >= 15 is 0 Å². The van der Waals surface area contributed by atoms with Gasteiger partial charge in [0.15, 0.2) is 17.3 Å². The summed E-state index contributed by atoms with van der Waals surface area (Å²) in [5.41, 5.74) is 7.06. The van der Waals surface area contributed by atoms with Gasteiger partial charge in [-0.05, 0) is 41.5 Å². The summed E-state index contributed by atoms with van der Waals surface area (Å²) < 4.78 is 52.4. The molecule has 2 heterocycles. The average Bonchev–Trinajstić information content (AvgIpc) is 3.45. The number of aromatic nitrogens is 2. The van der Waals surface area contributed by atoms with Crippen molar-refractivity contribution in [3.8, 4) is 33.8 Å². The second-order valence-electron chi connectivity index (χ2n) is 7.14. The molecule has 0 fully saturated rings. The quantitative estimate of drug-likeness (QED) is 0.185. The summed E-state index contributed by atoms with van der Waals surface area (Å²) in [7, 11) is 0. The number of nitrogens with two attached hydrogens (primary N) is 1. The summed E-state index contributed by atoms with van der Waals surface area (Å²) in [5.74, 6) is 0.349. The van der Waals surface area contributed by atoms with Crippen LogP contribution in [0.5, 0.6) is 11.5 Å². The van der Waals surface area contributed by atoms with Crippen LogP contribution in [0, 0.1) is 0 Å². The smallest absolute Gasteiger partial charge is 0.416 e. The number of rotatable bonds is 3. The highest BCUT2D eigenvalue weighted by atomic mass is 19.4. The zero-order valence-corrected chi connectivity index (χ0v) is 16.3. The third kappa shape index (κ3) is 3.16. The largest absolute Gasteiger partial charge is 0.454 e. The van der Waals surface area contributed by atoms with E-state index in [0.29, 0.717) is 33.6 Å². The third-order valence-electron chi connectivity index (χ3n) is 5.27. The fourth-order valence-electron chi connectivity index (χ4n) is 3.82. The van der Waals surface area contributed by atoms with Crippen LogP contribution >= 0.6 is 0 Å². The van der Waals surface area contributed by atoms with Gasteiger partial charge in [0.25, 0.3) is 0 Å². The summed E-state index contributed by atoms with van der Waals surface area (Å²) in [6.07, 6.45) is -3.08. The molecule has 4 N–H and O–H groups in total. The zero-order valence-electron chi connectivity index (χ0n) is 16.3. The van der Waals surface area contributed by atoms with Crippen molar-refractivity contribution in [1.29, 1.82) is 0 Å². The van der Waals surface area contributed by atoms with Gasteiger partial charge in [-0.2, -0.15) is 18.3 Å². The van der Waals surface area contributed by atoms with Crippen molar-refractivity contribution < 1.29 is 27.9 Å². The normalized spacial score (nSPS) is 13.7. The van der Waals surface area contributed by atoms with Gasteiger partial charge in [-0.1, -0.05) is 23.4 Å². The molecule has 1 aliphatic rings. The molecule has 10 heteroatoms. The summed E-state index contributed by atoms with van der Waals surface area (Å²) >= 11 is 0. The molecule has 7 nitrogen and oxygen atoms in total. The third-order valence-corrected chi connectivity index (χ3v) is 5.27. The van der Waals surface area contributed by atoms with Gasteiger partial charge in [-0.15, -0.1) is 0 Å². The number of nitrogens with zero attached hydrogens (tertiary/aromatic N) is 2. The Hall–Kier alpha value is -4.21. The molecule has 1 aromatic heterocycles. The van der Waals surface area contributed by atoms with E-state index < -0.39 is 17.6 Å². The van der Waals surface area contributed by atoms with Crippen molar-refractivity contribution >= 4 is 16.7 Å². The minimum absolute atomic E-state index is 0.0256. The molecule has 0 amide bonds. The fraction of sp³-hybridized carbons (Fsp3) is 0.0909. The number of fused-ring (bicyclic) bond motifs is 2. The van der Waals surface area contributed by atoms with Gasteiger partial charge in [0.2, 0.25) is 6.79 Å². The van der Waals surface area contributed by atoms with Crippen LogP contribution in [0.2, 0.25) is 0 Å². The van der Waals surface area contributed by atoms with E-state index in [1.54, 1.807) is 42.6 Å². The number of halogens is 3. The average molecular weight is 440 g/mol. The van der Waals surface area contributed by atoms with E-state index in [1.165, 1.54) is 0 Å². The number of para-hydroxylation sites is 1. The summed E-state index contributed by atoms with van der Waals surface area (Å²) in [5, 5.41) is 19.8. The minimum atomic E-state index is -4.66. The van der Waals surface area contributed by atoms with E-state index in [0.717, 1.165) is 17.6 Å². The Kier molecular flexibility index (Phi) is 4.43. The predicted octanol–water partition coefficient (Wildman–Crippen LogP) is 4.74. The van der Waals surface area contributed by atoms with E-state index in [1.807, 2.05) is 0 Å². The number of aromatic amines is 1. The van der Waals surface area contributed by atoms with Gasteiger partial charge >= 0.3 is 6.18 Å². The van der Waals surface area contributed by atoms with Crippen LogP contribution in [0.15, 0.2) is 59.9 Å². The Bertz CT molecular complexity index is 1380. The van der Waals surface area contributed by atoms with Gasteiger partial charge in [0.05, 0.1) is 17.3 Å².